The van der Waals surface area contributed by atoms with Gasteiger partial charge in [-0.3, -0.25) is 10.1 Å². The summed E-state index contributed by atoms with van der Waals surface area (Å²) >= 11 is 0. The average molecular weight is 321 g/mol. The molecule has 0 radical (unpaired) electrons. The molecule has 1 aromatic carbocycles. The summed E-state index contributed by atoms with van der Waals surface area (Å²) in [5, 5.41) is 25.8. The number of nitro groups is 1. The Morgan fingerprint density at radius 3 is 2.83 bits per heavy atom. The zero-order valence-corrected chi connectivity index (χ0v) is 13.0. The van der Waals surface area contributed by atoms with Gasteiger partial charge in [0.2, 0.25) is 0 Å². The van der Waals surface area contributed by atoms with E-state index in [1.807, 2.05) is 0 Å². The van der Waals surface area contributed by atoms with E-state index in [9.17, 15) is 20.0 Å². The van der Waals surface area contributed by atoms with Crippen LogP contribution in [0.1, 0.15) is 37.7 Å². The van der Waals surface area contributed by atoms with Gasteiger partial charge >= 0.3 is 6.03 Å². The van der Waals surface area contributed by atoms with E-state index in [0.29, 0.717) is 5.56 Å². The number of aliphatic hydroxyl groups excluding tert-OH is 1. The van der Waals surface area contributed by atoms with Crippen LogP contribution in [0.5, 0.6) is 0 Å². The van der Waals surface area contributed by atoms with Crippen molar-refractivity contribution < 1.29 is 14.8 Å². The number of amides is 2. The Hall–Kier alpha value is -2.15. The van der Waals surface area contributed by atoms with Crippen LogP contribution in [0.15, 0.2) is 24.3 Å². The number of aliphatic hydroxyl groups is 1. The van der Waals surface area contributed by atoms with Gasteiger partial charge in [-0.1, -0.05) is 31.4 Å². The van der Waals surface area contributed by atoms with Crippen molar-refractivity contribution in [1.29, 1.82) is 0 Å². The first-order chi connectivity index (χ1) is 11.1. The molecule has 0 spiro atoms. The summed E-state index contributed by atoms with van der Waals surface area (Å²) in [5.74, 6) is 0.0982. The van der Waals surface area contributed by atoms with Crippen LogP contribution in [0, 0.1) is 16.0 Å². The summed E-state index contributed by atoms with van der Waals surface area (Å²) in [7, 11) is 0. The number of nitro benzene ring substituents is 1. The van der Waals surface area contributed by atoms with Gasteiger partial charge in [0.05, 0.1) is 4.92 Å². The fourth-order valence-electron chi connectivity index (χ4n) is 2.97. The third kappa shape index (κ3) is 5.21. The van der Waals surface area contributed by atoms with Crippen LogP contribution in [0.3, 0.4) is 0 Å². The summed E-state index contributed by atoms with van der Waals surface area (Å²) in [6.07, 6.45) is 5.05. The van der Waals surface area contributed by atoms with Crippen molar-refractivity contribution in [3.63, 3.8) is 0 Å². The Labute approximate surface area is 135 Å². The quantitative estimate of drug-likeness (QED) is 0.440. The SMILES string of the molecule is O=C(NCc1cccc([N+](=O)[O-])c1)NC1CCCCCC1CO. The lowest BCUT2D eigenvalue weighted by atomic mass is 9.96. The Morgan fingerprint density at radius 2 is 2.09 bits per heavy atom. The Bertz CT molecular complexity index is 550. The number of benzene rings is 1. The number of nitrogens with one attached hydrogen (secondary N) is 2. The van der Waals surface area contributed by atoms with Crippen molar-refractivity contribution in [2.45, 2.75) is 44.7 Å². The summed E-state index contributed by atoms with van der Waals surface area (Å²) in [6.45, 7) is 0.305. The first-order valence-electron chi connectivity index (χ1n) is 7.98. The van der Waals surface area contributed by atoms with Crippen LogP contribution < -0.4 is 10.6 Å². The predicted octanol–water partition coefficient (Wildman–Crippen LogP) is 2.34. The normalized spacial score (nSPS) is 21.3. The van der Waals surface area contributed by atoms with Gasteiger partial charge in [0.1, 0.15) is 0 Å². The molecule has 2 rings (SSSR count). The lowest BCUT2D eigenvalue weighted by Gasteiger charge is -2.24. The Balaban J connectivity index is 1.86. The van der Waals surface area contributed by atoms with Gasteiger partial charge in [0, 0.05) is 37.2 Å². The molecule has 126 valence electrons. The van der Waals surface area contributed by atoms with Crippen LogP contribution in [0.2, 0.25) is 0 Å². The highest BCUT2D eigenvalue weighted by Gasteiger charge is 2.24. The molecule has 1 fully saturated rings. The van der Waals surface area contributed by atoms with E-state index >= 15 is 0 Å². The number of hydrogen-bond donors (Lipinski definition) is 3. The third-order valence-electron chi connectivity index (χ3n) is 4.28. The van der Waals surface area contributed by atoms with Gasteiger partial charge in [0.15, 0.2) is 0 Å². The fraction of sp³-hybridized carbons (Fsp3) is 0.562. The maximum atomic E-state index is 12.0. The molecule has 1 aliphatic rings. The van der Waals surface area contributed by atoms with Crippen molar-refractivity contribution in [2.75, 3.05) is 6.61 Å². The molecule has 23 heavy (non-hydrogen) atoms. The molecular formula is C16H23N3O4. The van der Waals surface area contributed by atoms with Crippen molar-refractivity contribution in [2.24, 2.45) is 5.92 Å². The Kier molecular flexibility index (Phi) is 6.34. The molecule has 0 bridgehead atoms. The molecule has 0 heterocycles. The molecule has 0 aliphatic heterocycles. The largest absolute Gasteiger partial charge is 0.396 e. The molecule has 3 N–H and O–H groups in total. The number of non-ortho nitro benzene ring substituents is 1. The lowest BCUT2D eigenvalue weighted by molar-refractivity contribution is -0.384. The van der Waals surface area contributed by atoms with E-state index in [1.165, 1.54) is 12.1 Å². The highest BCUT2D eigenvalue weighted by molar-refractivity contribution is 5.74. The summed E-state index contributed by atoms with van der Waals surface area (Å²) in [4.78, 5) is 22.3. The molecule has 1 aliphatic carbocycles. The van der Waals surface area contributed by atoms with Crippen molar-refractivity contribution in [1.82, 2.24) is 10.6 Å². The van der Waals surface area contributed by atoms with Crippen molar-refractivity contribution in [3.8, 4) is 0 Å². The van der Waals surface area contributed by atoms with Crippen LogP contribution >= 0.6 is 0 Å². The van der Waals surface area contributed by atoms with Crippen LogP contribution in [-0.2, 0) is 6.54 Å². The van der Waals surface area contributed by atoms with E-state index < -0.39 is 4.92 Å². The van der Waals surface area contributed by atoms with Gasteiger partial charge in [-0.15, -0.1) is 0 Å². The van der Waals surface area contributed by atoms with Crippen molar-refractivity contribution >= 4 is 11.7 Å². The van der Waals surface area contributed by atoms with E-state index in [-0.39, 0.29) is 36.8 Å². The van der Waals surface area contributed by atoms with Crippen LogP contribution in [0.4, 0.5) is 10.5 Å². The number of carbonyl (C=O) groups excluding carboxylic acids is 1. The second kappa shape index (κ2) is 8.47. The van der Waals surface area contributed by atoms with Crippen molar-refractivity contribution in [3.05, 3.63) is 39.9 Å². The molecule has 1 aromatic rings. The van der Waals surface area contributed by atoms with Gasteiger partial charge in [-0.2, -0.15) is 0 Å². The number of carbonyl (C=O) groups is 1. The summed E-state index contributed by atoms with van der Waals surface area (Å²) < 4.78 is 0. The topological polar surface area (TPSA) is 104 Å². The average Bonchev–Trinajstić information content (AvgIpc) is 2.78. The zero-order valence-electron chi connectivity index (χ0n) is 13.0. The molecule has 0 saturated heterocycles. The van der Waals surface area contributed by atoms with Crippen LogP contribution in [0.25, 0.3) is 0 Å². The maximum absolute atomic E-state index is 12.0. The minimum absolute atomic E-state index is 0.00817. The molecule has 2 unspecified atom stereocenters. The monoisotopic (exact) mass is 321 g/mol. The molecule has 1 saturated carbocycles. The van der Waals surface area contributed by atoms with E-state index in [0.717, 1.165) is 32.1 Å². The molecular weight excluding hydrogens is 298 g/mol. The fourth-order valence-corrected chi connectivity index (χ4v) is 2.97. The van der Waals surface area contributed by atoms with Gasteiger partial charge in [-0.25, -0.2) is 4.79 Å². The van der Waals surface area contributed by atoms with Gasteiger partial charge in [0.25, 0.3) is 5.69 Å². The highest BCUT2D eigenvalue weighted by atomic mass is 16.6. The zero-order chi connectivity index (χ0) is 16.7. The second-order valence-electron chi connectivity index (χ2n) is 5.94. The first-order valence-corrected chi connectivity index (χ1v) is 7.98. The van der Waals surface area contributed by atoms with E-state index in [1.54, 1.807) is 12.1 Å². The Morgan fingerprint density at radius 1 is 1.30 bits per heavy atom. The first kappa shape index (κ1) is 17.2. The second-order valence-corrected chi connectivity index (χ2v) is 5.94. The van der Waals surface area contributed by atoms with Crippen LogP contribution in [-0.4, -0.2) is 28.7 Å². The standard InChI is InChI=1S/C16H23N3O4/c20-11-13-6-2-1-3-8-15(13)18-16(21)17-10-12-5-4-7-14(9-12)19(22)23/h4-5,7,9,13,15,20H,1-3,6,8,10-11H2,(H2,17,18,21). The highest BCUT2D eigenvalue weighted by Crippen LogP contribution is 2.23. The van der Waals surface area contributed by atoms with E-state index in [4.69, 9.17) is 0 Å². The summed E-state index contributed by atoms with van der Waals surface area (Å²) in [6, 6.07) is 5.87. The number of urea groups is 1. The molecule has 2 amide bonds. The molecule has 7 nitrogen and oxygen atoms in total. The molecule has 7 heteroatoms. The van der Waals surface area contributed by atoms with E-state index in [2.05, 4.69) is 10.6 Å². The minimum atomic E-state index is -0.457. The minimum Gasteiger partial charge on any atom is -0.396 e. The molecule has 0 aromatic heterocycles. The smallest absolute Gasteiger partial charge is 0.315 e. The maximum Gasteiger partial charge on any atom is 0.315 e. The number of nitrogens with zero attached hydrogens (tertiary/aromatic N) is 1. The predicted molar refractivity (Wildman–Crippen MR) is 85.9 cm³/mol. The third-order valence-corrected chi connectivity index (χ3v) is 4.28. The van der Waals surface area contributed by atoms with Gasteiger partial charge in [-0.05, 0) is 18.4 Å². The lowest BCUT2D eigenvalue weighted by Crippen LogP contribution is -2.45. The number of hydrogen-bond acceptors (Lipinski definition) is 4. The number of rotatable bonds is 5. The molecule has 2 atom stereocenters. The summed E-state index contributed by atoms with van der Waals surface area (Å²) in [5.41, 5.74) is 0.683. The van der Waals surface area contributed by atoms with Gasteiger partial charge < -0.3 is 15.7 Å².